The van der Waals surface area contributed by atoms with Crippen LogP contribution in [0.2, 0.25) is 5.02 Å². The maximum absolute atomic E-state index is 13.2. The number of anilines is 1. The van der Waals surface area contributed by atoms with Gasteiger partial charge < -0.3 is 10.6 Å². The SMILES string of the molecule is FC(F)(F)c1ccccc1CNC1CC2(C1)CC(Nc1nc(Cc3ccc(Cl)cc3)ns1)C2. The first-order valence-corrected chi connectivity index (χ1v) is 12.2. The van der Waals surface area contributed by atoms with E-state index in [2.05, 4.69) is 20.0 Å². The first-order valence-electron chi connectivity index (χ1n) is 11.0. The molecule has 2 aliphatic rings. The molecule has 0 radical (unpaired) electrons. The van der Waals surface area contributed by atoms with Gasteiger partial charge in [0, 0.05) is 41.6 Å². The Morgan fingerprint density at radius 1 is 1.00 bits per heavy atom. The maximum Gasteiger partial charge on any atom is 0.416 e. The van der Waals surface area contributed by atoms with Crippen molar-refractivity contribution >= 4 is 28.3 Å². The van der Waals surface area contributed by atoms with Gasteiger partial charge in [0.25, 0.3) is 0 Å². The van der Waals surface area contributed by atoms with Crippen molar-refractivity contribution in [1.29, 1.82) is 0 Å². The molecule has 0 amide bonds. The van der Waals surface area contributed by atoms with Crippen molar-refractivity contribution in [3.63, 3.8) is 0 Å². The first-order chi connectivity index (χ1) is 15.8. The van der Waals surface area contributed by atoms with Gasteiger partial charge in [-0.3, -0.25) is 0 Å². The fourth-order valence-electron chi connectivity index (χ4n) is 5.10. The fourth-order valence-corrected chi connectivity index (χ4v) is 5.89. The molecule has 0 bridgehead atoms. The Bertz CT molecular complexity index is 1100. The van der Waals surface area contributed by atoms with Gasteiger partial charge in [-0.25, -0.2) is 4.98 Å². The Morgan fingerprint density at radius 3 is 2.42 bits per heavy atom. The van der Waals surface area contributed by atoms with Crippen LogP contribution in [-0.4, -0.2) is 21.4 Å². The molecule has 0 atom stereocenters. The summed E-state index contributed by atoms with van der Waals surface area (Å²) in [7, 11) is 0. The summed E-state index contributed by atoms with van der Waals surface area (Å²) in [5.41, 5.74) is 1.20. The predicted molar refractivity (Wildman–Crippen MR) is 125 cm³/mol. The van der Waals surface area contributed by atoms with E-state index in [4.69, 9.17) is 11.6 Å². The Hall–Kier alpha value is -2.16. The van der Waals surface area contributed by atoms with Gasteiger partial charge in [0.15, 0.2) is 0 Å². The number of alkyl halides is 3. The minimum absolute atomic E-state index is 0.249. The maximum atomic E-state index is 13.2. The lowest BCUT2D eigenvalue weighted by molar-refractivity contribution is -0.138. The summed E-state index contributed by atoms with van der Waals surface area (Å²) in [6.45, 7) is 0.249. The summed E-state index contributed by atoms with van der Waals surface area (Å²) in [5.74, 6) is 0.797. The quantitative estimate of drug-likeness (QED) is 0.405. The lowest BCUT2D eigenvalue weighted by Crippen LogP contribution is -2.58. The minimum atomic E-state index is -4.31. The molecule has 1 spiro atoms. The molecule has 33 heavy (non-hydrogen) atoms. The van der Waals surface area contributed by atoms with Crippen molar-refractivity contribution in [2.24, 2.45) is 5.41 Å². The van der Waals surface area contributed by atoms with Crippen LogP contribution in [0.5, 0.6) is 0 Å². The highest BCUT2D eigenvalue weighted by Gasteiger charge is 2.52. The Kier molecular flexibility index (Phi) is 6.09. The summed E-state index contributed by atoms with van der Waals surface area (Å²) >= 11 is 7.31. The van der Waals surface area contributed by atoms with Gasteiger partial charge in [0.2, 0.25) is 5.13 Å². The van der Waals surface area contributed by atoms with Gasteiger partial charge in [-0.2, -0.15) is 17.5 Å². The van der Waals surface area contributed by atoms with E-state index in [1.807, 2.05) is 24.3 Å². The molecular weight excluding hydrogens is 469 g/mol. The van der Waals surface area contributed by atoms with Crippen molar-refractivity contribution < 1.29 is 13.2 Å². The van der Waals surface area contributed by atoms with E-state index in [1.54, 1.807) is 12.1 Å². The molecular formula is C24H24ClF3N4S. The monoisotopic (exact) mass is 492 g/mol. The highest BCUT2D eigenvalue weighted by molar-refractivity contribution is 7.09. The number of halogens is 4. The fraction of sp³-hybridized carbons (Fsp3) is 0.417. The normalized spacial score (nSPS) is 24.4. The lowest BCUT2D eigenvalue weighted by Gasteiger charge is -2.58. The number of hydrogen-bond acceptors (Lipinski definition) is 5. The zero-order chi connectivity index (χ0) is 23.1. The van der Waals surface area contributed by atoms with Gasteiger partial charge in [0.05, 0.1) is 5.56 Å². The zero-order valence-corrected chi connectivity index (χ0v) is 19.4. The van der Waals surface area contributed by atoms with Gasteiger partial charge in [0.1, 0.15) is 5.82 Å². The summed E-state index contributed by atoms with van der Waals surface area (Å²) < 4.78 is 43.9. The molecule has 5 rings (SSSR count). The lowest BCUT2D eigenvalue weighted by atomic mass is 9.52. The largest absolute Gasteiger partial charge is 0.416 e. The first kappa shape index (κ1) is 22.6. The molecule has 0 unspecified atom stereocenters. The van der Waals surface area contributed by atoms with Gasteiger partial charge >= 0.3 is 6.18 Å². The smallest absolute Gasteiger partial charge is 0.358 e. The third-order valence-corrected chi connectivity index (χ3v) is 7.63. The van der Waals surface area contributed by atoms with Crippen LogP contribution in [0.3, 0.4) is 0 Å². The molecule has 3 aromatic rings. The zero-order valence-electron chi connectivity index (χ0n) is 17.8. The second-order valence-electron chi connectivity index (χ2n) is 9.21. The average Bonchev–Trinajstić information content (AvgIpc) is 3.16. The molecule has 2 aromatic carbocycles. The molecule has 2 aliphatic carbocycles. The Morgan fingerprint density at radius 2 is 1.70 bits per heavy atom. The van der Waals surface area contributed by atoms with Crippen molar-refractivity contribution in [2.45, 2.75) is 56.9 Å². The number of hydrogen-bond donors (Lipinski definition) is 2. The molecule has 0 saturated heterocycles. The molecule has 174 valence electrons. The topological polar surface area (TPSA) is 49.8 Å². The number of rotatable bonds is 7. The summed E-state index contributed by atoms with van der Waals surface area (Å²) in [6.07, 6.45) is 0.515. The van der Waals surface area contributed by atoms with Crippen LogP contribution in [0.4, 0.5) is 18.3 Å². The number of benzene rings is 2. The summed E-state index contributed by atoms with van der Waals surface area (Å²) in [4.78, 5) is 4.61. The van der Waals surface area contributed by atoms with Gasteiger partial charge in [-0.15, -0.1) is 0 Å². The predicted octanol–water partition coefficient (Wildman–Crippen LogP) is 6.31. The summed E-state index contributed by atoms with van der Waals surface area (Å²) in [6, 6.07) is 14.2. The van der Waals surface area contributed by atoms with Crippen LogP contribution in [0.15, 0.2) is 48.5 Å². The Labute approximate surface area is 199 Å². The van der Waals surface area contributed by atoms with Crippen LogP contribution >= 0.6 is 23.1 Å². The van der Waals surface area contributed by atoms with Gasteiger partial charge in [-0.05, 0) is 60.4 Å². The number of nitrogens with one attached hydrogen (secondary N) is 2. The molecule has 2 N–H and O–H groups in total. The molecule has 2 saturated carbocycles. The van der Waals surface area contributed by atoms with E-state index in [-0.39, 0.29) is 12.6 Å². The highest BCUT2D eigenvalue weighted by atomic mass is 35.5. The van der Waals surface area contributed by atoms with E-state index in [0.717, 1.165) is 48.3 Å². The molecule has 9 heteroatoms. The minimum Gasteiger partial charge on any atom is -0.358 e. The van der Waals surface area contributed by atoms with Crippen LogP contribution < -0.4 is 10.6 Å². The Balaban J connectivity index is 1.06. The van der Waals surface area contributed by atoms with E-state index in [0.29, 0.717) is 28.5 Å². The van der Waals surface area contributed by atoms with Crippen LogP contribution in [0.1, 0.15) is 48.2 Å². The van der Waals surface area contributed by atoms with E-state index in [9.17, 15) is 13.2 Å². The molecule has 2 fully saturated rings. The van der Waals surface area contributed by atoms with Crippen molar-refractivity contribution in [3.05, 3.63) is 76.1 Å². The molecule has 1 aromatic heterocycles. The number of nitrogens with zero attached hydrogens (tertiary/aromatic N) is 2. The standard InChI is InChI=1S/C24H24ClF3N4S/c25-17-7-5-15(6-8-17)9-21-31-22(33-32-21)30-19-12-23(13-19)10-18(11-23)29-14-16-3-1-2-4-20(16)24(26,27)28/h1-8,18-19,29H,9-14H2,(H,30,31,32). The van der Waals surface area contributed by atoms with E-state index >= 15 is 0 Å². The van der Waals surface area contributed by atoms with Crippen molar-refractivity contribution in [3.8, 4) is 0 Å². The van der Waals surface area contributed by atoms with Gasteiger partial charge in [-0.1, -0.05) is 41.9 Å². The molecule has 4 nitrogen and oxygen atoms in total. The second-order valence-corrected chi connectivity index (χ2v) is 10.4. The second kappa shape index (κ2) is 8.89. The van der Waals surface area contributed by atoms with Crippen LogP contribution in [0, 0.1) is 5.41 Å². The van der Waals surface area contributed by atoms with Crippen molar-refractivity contribution in [2.75, 3.05) is 5.32 Å². The van der Waals surface area contributed by atoms with Crippen LogP contribution in [-0.2, 0) is 19.1 Å². The third-order valence-electron chi connectivity index (χ3n) is 6.69. The number of aromatic nitrogens is 2. The van der Waals surface area contributed by atoms with Crippen LogP contribution in [0.25, 0.3) is 0 Å². The summed E-state index contributed by atoms with van der Waals surface area (Å²) in [5, 5.41) is 8.37. The highest BCUT2D eigenvalue weighted by Crippen LogP contribution is 2.56. The third kappa shape index (κ3) is 5.18. The molecule has 1 heterocycles. The van der Waals surface area contributed by atoms with Crippen molar-refractivity contribution in [1.82, 2.24) is 14.7 Å². The van der Waals surface area contributed by atoms with E-state index < -0.39 is 11.7 Å². The average molecular weight is 493 g/mol. The van der Waals surface area contributed by atoms with E-state index in [1.165, 1.54) is 17.6 Å². The molecule has 0 aliphatic heterocycles.